The Labute approximate surface area is 152 Å². The summed E-state index contributed by atoms with van der Waals surface area (Å²) in [6.45, 7) is 8.50. The second kappa shape index (κ2) is 7.28. The second-order valence-corrected chi connectivity index (χ2v) is 8.60. The van der Waals surface area contributed by atoms with Gasteiger partial charge in [0.25, 0.3) is 5.56 Å². The van der Waals surface area contributed by atoms with Gasteiger partial charge in [0.05, 0.1) is 18.3 Å². The van der Waals surface area contributed by atoms with Crippen LogP contribution in [0.4, 0.5) is 0 Å². The molecule has 1 aliphatic rings. The SMILES string of the molecule is CC(C)CCOC(=O)C(C)n1cnc2sc3c(c2c1=O)CCC(C)C3. The summed E-state index contributed by atoms with van der Waals surface area (Å²) in [5, 5.41) is 0.705. The van der Waals surface area contributed by atoms with Crippen LogP contribution in [0.3, 0.4) is 0 Å². The maximum Gasteiger partial charge on any atom is 0.328 e. The molecule has 0 bridgehead atoms. The largest absolute Gasteiger partial charge is 0.464 e. The van der Waals surface area contributed by atoms with Crippen LogP contribution in [0.2, 0.25) is 0 Å². The number of hydrogen-bond donors (Lipinski definition) is 0. The van der Waals surface area contributed by atoms with Gasteiger partial charge in [-0.25, -0.2) is 9.78 Å². The highest BCUT2D eigenvalue weighted by molar-refractivity contribution is 7.18. The van der Waals surface area contributed by atoms with Crippen molar-refractivity contribution in [3.05, 3.63) is 27.1 Å². The normalized spacial score (nSPS) is 18.4. The van der Waals surface area contributed by atoms with E-state index in [-0.39, 0.29) is 11.5 Å². The van der Waals surface area contributed by atoms with Crippen molar-refractivity contribution in [2.24, 2.45) is 11.8 Å². The summed E-state index contributed by atoms with van der Waals surface area (Å²) >= 11 is 1.62. The van der Waals surface area contributed by atoms with Crippen molar-refractivity contribution < 1.29 is 9.53 Å². The van der Waals surface area contributed by atoms with Gasteiger partial charge in [-0.1, -0.05) is 20.8 Å². The summed E-state index contributed by atoms with van der Waals surface area (Å²) in [4.78, 5) is 31.8. The molecule has 0 radical (unpaired) electrons. The number of aromatic nitrogens is 2. The first-order valence-corrected chi connectivity index (χ1v) is 9.88. The zero-order valence-corrected chi connectivity index (χ0v) is 16.2. The van der Waals surface area contributed by atoms with E-state index in [1.54, 1.807) is 18.3 Å². The fourth-order valence-electron chi connectivity index (χ4n) is 3.25. The number of ether oxygens (including phenoxy) is 1. The molecule has 0 spiro atoms. The van der Waals surface area contributed by atoms with Crippen molar-refractivity contribution in [3.63, 3.8) is 0 Å². The maximum absolute atomic E-state index is 13.0. The molecule has 0 aromatic carbocycles. The average molecular weight is 362 g/mol. The van der Waals surface area contributed by atoms with Gasteiger partial charge in [0, 0.05) is 4.88 Å². The van der Waals surface area contributed by atoms with Crippen LogP contribution < -0.4 is 5.56 Å². The van der Waals surface area contributed by atoms with E-state index >= 15 is 0 Å². The molecule has 136 valence electrons. The minimum absolute atomic E-state index is 0.120. The predicted octanol–water partition coefficient (Wildman–Crippen LogP) is 3.73. The number of aryl methyl sites for hydroxylation is 1. The monoisotopic (exact) mass is 362 g/mol. The Morgan fingerprint density at radius 1 is 1.44 bits per heavy atom. The third kappa shape index (κ3) is 3.64. The molecule has 5 nitrogen and oxygen atoms in total. The van der Waals surface area contributed by atoms with E-state index in [0.717, 1.165) is 36.1 Å². The smallest absolute Gasteiger partial charge is 0.328 e. The number of esters is 1. The second-order valence-electron chi connectivity index (χ2n) is 7.51. The molecule has 0 amide bonds. The molecule has 25 heavy (non-hydrogen) atoms. The molecule has 6 heteroatoms. The van der Waals surface area contributed by atoms with E-state index in [0.29, 0.717) is 23.8 Å². The van der Waals surface area contributed by atoms with Gasteiger partial charge in [-0.2, -0.15) is 0 Å². The van der Waals surface area contributed by atoms with Gasteiger partial charge in [0.2, 0.25) is 0 Å². The number of thiophene rings is 1. The lowest BCUT2D eigenvalue weighted by molar-refractivity contribution is -0.147. The molecule has 2 aromatic heterocycles. The van der Waals surface area contributed by atoms with Crippen LogP contribution in [0.25, 0.3) is 10.2 Å². The lowest BCUT2D eigenvalue weighted by Gasteiger charge is -2.18. The molecule has 2 unspecified atom stereocenters. The van der Waals surface area contributed by atoms with Crippen LogP contribution in [0.15, 0.2) is 11.1 Å². The van der Waals surface area contributed by atoms with Gasteiger partial charge in [-0.05, 0) is 50.0 Å². The number of fused-ring (bicyclic) bond motifs is 3. The Balaban J connectivity index is 1.88. The lowest BCUT2D eigenvalue weighted by atomic mass is 9.89. The topological polar surface area (TPSA) is 61.2 Å². The first kappa shape index (κ1) is 18.1. The van der Waals surface area contributed by atoms with Crippen LogP contribution >= 0.6 is 11.3 Å². The van der Waals surface area contributed by atoms with Gasteiger partial charge in [0.15, 0.2) is 0 Å². The highest BCUT2D eigenvalue weighted by Crippen LogP contribution is 2.35. The average Bonchev–Trinajstić information content (AvgIpc) is 2.92. The highest BCUT2D eigenvalue weighted by atomic mass is 32.1. The van der Waals surface area contributed by atoms with Crippen LogP contribution in [0.5, 0.6) is 0 Å². The molecular weight excluding hydrogens is 336 g/mol. The molecule has 0 saturated heterocycles. The van der Waals surface area contributed by atoms with Gasteiger partial charge in [0.1, 0.15) is 10.9 Å². The van der Waals surface area contributed by atoms with Gasteiger partial charge >= 0.3 is 5.97 Å². The summed E-state index contributed by atoms with van der Waals surface area (Å²) in [6.07, 6.45) is 5.35. The molecular formula is C19H26N2O3S. The summed E-state index contributed by atoms with van der Waals surface area (Å²) in [6, 6.07) is -0.658. The summed E-state index contributed by atoms with van der Waals surface area (Å²) < 4.78 is 6.74. The summed E-state index contributed by atoms with van der Waals surface area (Å²) in [5.74, 6) is 0.753. The zero-order chi connectivity index (χ0) is 18.1. The van der Waals surface area contributed by atoms with E-state index in [4.69, 9.17) is 4.74 Å². The first-order chi connectivity index (χ1) is 11.9. The molecule has 0 aliphatic heterocycles. The van der Waals surface area contributed by atoms with E-state index in [2.05, 4.69) is 25.8 Å². The Morgan fingerprint density at radius 2 is 2.20 bits per heavy atom. The van der Waals surface area contributed by atoms with E-state index in [1.807, 2.05) is 0 Å². The van der Waals surface area contributed by atoms with E-state index in [1.165, 1.54) is 15.8 Å². The number of rotatable bonds is 5. The van der Waals surface area contributed by atoms with Crippen molar-refractivity contribution in [2.45, 2.75) is 59.4 Å². The Bertz CT molecular complexity index is 837. The maximum atomic E-state index is 13.0. The molecule has 0 saturated carbocycles. The Morgan fingerprint density at radius 3 is 2.92 bits per heavy atom. The van der Waals surface area contributed by atoms with E-state index < -0.39 is 6.04 Å². The molecule has 0 fully saturated rings. The van der Waals surface area contributed by atoms with Gasteiger partial charge < -0.3 is 4.74 Å². The van der Waals surface area contributed by atoms with Crippen LogP contribution in [0.1, 0.15) is 57.0 Å². The minimum atomic E-state index is -0.658. The first-order valence-electron chi connectivity index (χ1n) is 9.06. The number of nitrogens with zero attached hydrogens (tertiary/aromatic N) is 2. The number of carbonyl (C=O) groups is 1. The highest BCUT2D eigenvalue weighted by Gasteiger charge is 2.25. The Kier molecular flexibility index (Phi) is 5.27. The molecule has 2 atom stereocenters. The quantitative estimate of drug-likeness (QED) is 0.760. The van der Waals surface area contributed by atoms with Crippen molar-refractivity contribution in [1.82, 2.24) is 9.55 Å². The summed E-state index contributed by atoms with van der Waals surface area (Å²) in [5.41, 5.74) is 1.02. The van der Waals surface area contributed by atoms with Crippen molar-refractivity contribution >= 4 is 27.5 Å². The van der Waals surface area contributed by atoms with Gasteiger partial charge in [-0.15, -0.1) is 11.3 Å². The van der Waals surface area contributed by atoms with Crippen molar-refractivity contribution in [2.75, 3.05) is 6.61 Å². The van der Waals surface area contributed by atoms with E-state index in [9.17, 15) is 9.59 Å². The molecule has 3 rings (SSSR count). The fraction of sp³-hybridized carbons (Fsp3) is 0.632. The molecule has 0 N–H and O–H groups in total. The standard InChI is InChI=1S/C19H26N2O3S/c1-11(2)7-8-24-19(23)13(4)21-10-20-17-16(18(21)22)14-6-5-12(3)9-15(14)25-17/h10-13H,5-9H2,1-4H3. The van der Waals surface area contributed by atoms with Crippen LogP contribution in [-0.2, 0) is 22.4 Å². The van der Waals surface area contributed by atoms with Crippen molar-refractivity contribution in [3.8, 4) is 0 Å². The predicted molar refractivity (Wildman–Crippen MR) is 100 cm³/mol. The lowest BCUT2D eigenvalue weighted by Crippen LogP contribution is -2.30. The number of carbonyl (C=O) groups excluding carboxylic acids is 1. The van der Waals surface area contributed by atoms with Gasteiger partial charge in [-0.3, -0.25) is 9.36 Å². The van der Waals surface area contributed by atoms with Crippen molar-refractivity contribution in [1.29, 1.82) is 0 Å². The third-order valence-corrected chi connectivity index (χ3v) is 6.10. The fourth-order valence-corrected chi connectivity index (χ4v) is 4.59. The summed E-state index contributed by atoms with van der Waals surface area (Å²) in [7, 11) is 0. The molecule has 1 aliphatic carbocycles. The third-order valence-electron chi connectivity index (χ3n) is 4.94. The zero-order valence-electron chi connectivity index (χ0n) is 15.4. The van der Waals surface area contributed by atoms with Crippen LogP contribution in [-0.4, -0.2) is 22.1 Å². The molecule has 2 aromatic rings. The molecule has 2 heterocycles. The Hall–Kier alpha value is -1.69. The van der Waals surface area contributed by atoms with Crippen LogP contribution in [0, 0.1) is 11.8 Å². The number of hydrogen-bond acceptors (Lipinski definition) is 5. The minimum Gasteiger partial charge on any atom is -0.464 e.